The quantitative estimate of drug-likeness (QED) is 0.426. The molecule has 0 spiro atoms. The molecule has 19 heavy (non-hydrogen) atoms. The number of ether oxygens (including phenoxy) is 3. The Hall–Kier alpha value is -2.24. The maximum absolute atomic E-state index is 11.3. The molecule has 0 saturated carbocycles. The molecule has 1 aromatic carbocycles. The molecule has 1 rings (SSSR count). The molecule has 0 N–H and O–H groups in total. The predicted molar refractivity (Wildman–Crippen MR) is 69.7 cm³/mol. The van der Waals surface area contributed by atoms with Crippen molar-refractivity contribution in [2.45, 2.75) is 6.92 Å². The van der Waals surface area contributed by atoms with Crippen LogP contribution in [0, 0.1) is 0 Å². The normalized spacial score (nSPS) is 10.3. The summed E-state index contributed by atoms with van der Waals surface area (Å²) in [7, 11) is 2.96. The number of benzene rings is 1. The molecular formula is C13H17NO5. The van der Waals surface area contributed by atoms with Crippen LogP contribution < -0.4 is 9.47 Å². The standard InChI is InChI=1S/C13H17NO5/c1-4-18-12(15)9-19-13-10(8-14-17-3)6-5-7-11(13)16-2/h5-8H,4,9H2,1-3H3. The van der Waals surface area contributed by atoms with E-state index in [0.717, 1.165) is 0 Å². The zero-order chi connectivity index (χ0) is 14.1. The van der Waals surface area contributed by atoms with Crippen LogP contribution in [-0.4, -0.2) is 39.6 Å². The van der Waals surface area contributed by atoms with Crippen molar-refractivity contribution in [2.24, 2.45) is 5.16 Å². The van der Waals surface area contributed by atoms with Gasteiger partial charge in [0, 0.05) is 5.56 Å². The molecule has 0 heterocycles. The van der Waals surface area contributed by atoms with Gasteiger partial charge in [0.1, 0.15) is 7.11 Å². The second-order valence-electron chi connectivity index (χ2n) is 3.39. The van der Waals surface area contributed by atoms with E-state index < -0.39 is 5.97 Å². The largest absolute Gasteiger partial charge is 0.493 e. The minimum Gasteiger partial charge on any atom is -0.493 e. The van der Waals surface area contributed by atoms with Crippen LogP contribution in [0.3, 0.4) is 0 Å². The van der Waals surface area contributed by atoms with Gasteiger partial charge in [-0.25, -0.2) is 4.79 Å². The summed E-state index contributed by atoms with van der Waals surface area (Å²) in [6, 6.07) is 5.28. The molecule has 1 aromatic rings. The molecule has 0 saturated heterocycles. The van der Waals surface area contributed by atoms with E-state index >= 15 is 0 Å². The van der Waals surface area contributed by atoms with Gasteiger partial charge in [-0.05, 0) is 19.1 Å². The summed E-state index contributed by atoms with van der Waals surface area (Å²) in [6.07, 6.45) is 1.48. The Bertz CT molecular complexity index is 445. The van der Waals surface area contributed by atoms with Gasteiger partial charge in [-0.1, -0.05) is 11.2 Å². The molecule has 0 aliphatic heterocycles. The van der Waals surface area contributed by atoms with Crippen molar-refractivity contribution in [3.05, 3.63) is 23.8 Å². The molecule has 0 atom stereocenters. The lowest BCUT2D eigenvalue weighted by Gasteiger charge is -2.12. The van der Waals surface area contributed by atoms with Crippen molar-refractivity contribution in [1.82, 2.24) is 0 Å². The number of hydrogen-bond acceptors (Lipinski definition) is 6. The molecular weight excluding hydrogens is 250 g/mol. The summed E-state index contributed by atoms with van der Waals surface area (Å²) in [4.78, 5) is 15.9. The van der Waals surface area contributed by atoms with Gasteiger partial charge >= 0.3 is 5.97 Å². The van der Waals surface area contributed by atoms with Crippen molar-refractivity contribution in [1.29, 1.82) is 0 Å². The molecule has 0 unspecified atom stereocenters. The molecule has 0 amide bonds. The van der Waals surface area contributed by atoms with Crippen molar-refractivity contribution in [2.75, 3.05) is 27.4 Å². The summed E-state index contributed by atoms with van der Waals surface area (Å²) in [5.41, 5.74) is 0.644. The van der Waals surface area contributed by atoms with Crippen LogP contribution in [0.4, 0.5) is 0 Å². The summed E-state index contributed by atoms with van der Waals surface area (Å²) >= 11 is 0. The Balaban J connectivity index is 2.88. The molecule has 0 aromatic heterocycles. The lowest BCUT2D eigenvalue weighted by Crippen LogP contribution is -2.15. The van der Waals surface area contributed by atoms with Gasteiger partial charge in [0.25, 0.3) is 0 Å². The van der Waals surface area contributed by atoms with E-state index in [1.54, 1.807) is 25.1 Å². The maximum atomic E-state index is 11.3. The summed E-state index contributed by atoms with van der Waals surface area (Å²) in [6.45, 7) is 1.85. The fourth-order valence-electron chi connectivity index (χ4n) is 1.39. The number of para-hydroxylation sites is 1. The Labute approximate surface area is 111 Å². The molecule has 0 radical (unpaired) electrons. The van der Waals surface area contributed by atoms with Crippen LogP contribution in [0.5, 0.6) is 11.5 Å². The second kappa shape index (κ2) is 7.97. The number of nitrogens with zero attached hydrogens (tertiary/aromatic N) is 1. The number of methoxy groups -OCH3 is 1. The summed E-state index contributed by atoms with van der Waals surface area (Å²) < 4.78 is 15.4. The Kier molecular flexibility index (Phi) is 6.21. The molecule has 104 valence electrons. The van der Waals surface area contributed by atoms with E-state index in [-0.39, 0.29) is 6.61 Å². The average molecular weight is 267 g/mol. The summed E-state index contributed by atoms with van der Waals surface area (Å²) in [5, 5.41) is 3.66. The minimum absolute atomic E-state index is 0.192. The van der Waals surface area contributed by atoms with Gasteiger partial charge in [-0.15, -0.1) is 0 Å². The van der Waals surface area contributed by atoms with E-state index in [4.69, 9.17) is 14.2 Å². The van der Waals surface area contributed by atoms with Crippen molar-refractivity contribution in [3.8, 4) is 11.5 Å². The third kappa shape index (κ3) is 4.50. The first-order chi connectivity index (χ1) is 9.22. The lowest BCUT2D eigenvalue weighted by molar-refractivity contribution is -0.145. The Morgan fingerprint density at radius 1 is 1.37 bits per heavy atom. The Morgan fingerprint density at radius 2 is 2.16 bits per heavy atom. The third-order valence-corrected chi connectivity index (χ3v) is 2.17. The first-order valence-electron chi connectivity index (χ1n) is 5.74. The number of carbonyl (C=O) groups is 1. The highest BCUT2D eigenvalue weighted by atomic mass is 16.6. The molecule has 6 heteroatoms. The van der Waals surface area contributed by atoms with E-state index in [9.17, 15) is 4.79 Å². The van der Waals surface area contributed by atoms with Gasteiger partial charge in [-0.3, -0.25) is 0 Å². The minimum atomic E-state index is -0.442. The topological polar surface area (TPSA) is 66.4 Å². The number of hydrogen-bond donors (Lipinski definition) is 0. The van der Waals surface area contributed by atoms with Crippen LogP contribution in [-0.2, 0) is 14.4 Å². The fourth-order valence-corrected chi connectivity index (χ4v) is 1.39. The van der Waals surface area contributed by atoms with Gasteiger partial charge in [0.2, 0.25) is 0 Å². The highest BCUT2D eigenvalue weighted by molar-refractivity contribution is 5.85. The highest BCUT2D eigenvalue weighted by Gasteiger charge is 2.12. The number of oxime groups is 1. The van der Waals surface area contributed by atoms with Crippen LogP contribution in [0.2, 0.25) is 0 Å². The van der Waals surface area contributed by atoms with E-state index in [0.29, 0.717) is 23.7 Å². The van der Waals surface area contributed by atoms with Crippen molar-refractivity contribution < 1.29 is 23.8 Å². The zero-order valence-corrected chi connectivity index (χ0v) is 11.2. The van der Waals surface area contributed by atoms with E-state index in [1.165, 1.54) is 20.4 Å². The lowest BCUT2D eigenvalue weighted by atomic mass is 10.2. The van der Waals surface area contributed by atoms with E-state index in [2.05, 4.69) is 9.99 Å². The monoisotopic (exact) mass is 267 g/mol. The van der Waals surface area contributed by atoms with Gasteiger partial charge in [0.15, 0.2) is 18.1 Å². The number of carbonyl (C=O) groups excluding carboxylic acids is 1. The zero-order valence-electron chi connectivity index (χ0n) is 11.2. The predicted octanol–water partition coefficient (Wildman–Crippen LogP) is 1.62. The van der Waals surface area contributed by atoms with Crippen molar-refractivity contribution >= 4 is 12.2 Å². The van der Waals surface area contributed by atoms with Gasteiger partial charge in [0.05, 0.1) is 19.9 Å². The summed E-state index contributed by atoms with van der Waals surface area (Å²) in [5.74, 6) is 0.478. The number of rotatable bonds is 7. The third-order valence-electron chi connectivity index (χ3n) is 2.17. The fraction of sp³-hybridized carbons (Fsp3) is 0.385. The van der Waals surface area contributed by atoms with Gasteiger partial charge < -0.3 is 19.0 Å². The first kappa shape index (κ1) is 14.8. The van der Waals surface area contributed by atoms with Crippen LogP contribution >= 0.6 is 0 Å². The van der Waals surface area contributed by atoms with Crippen LogP contribution in [0.25, 0.3) is 0 Å². The van der Waals surface area contributed by atoms with Crippen LogP contribution in [0.15, 0.2) is 23.4 Å². The first-order valence-corrected chi connectivity index (χ1v) is 5.74. The van der Waals surface area contributed by atoms with Gasteiger partial charge in [-0.2, -0.15) is 0 Å². The Morgan fingerprint density at radius 3 is 2.79 bits per heavy atom. The van der Waals surface area contributed by atoms with Crippen molar-refractivity contribution in [3.63, 3.8) is 0 Å². The molecule has 0 bridgehead atoms. The molecule has 0 fully saturated rings. The molecule has 6 nitrogen and oxygen atoms in total. The van der Waals surface area contributed by atoms with E-state index in [1.807, 2.05) is 0 Å². The molecule has 0 aliphatic carbocycles. The second-order valence-corrected chi connectivity index (χ2v) is 3.39. The smallest absolute Gasteiger partial charge is 0.344 e. The number of esters is 1. The average Bonchev–Trinajstić information content (AvgIpc) is 2.43. The SMILES string of the molecule is CCOC(=O)COc1c(C=NOC)cccc1OC. The van der Waals surface area contributed by atoms with Crippen LogP contribution in [0.1, 0.15) is 12.5 Å². The highest BCUT2D eigenvalue weighted by Crippen LogP contribution is 2.30. The maximum Gasteiger partial charge on any atom is 0.344 e. The molecule has 0 aliphatic rings.